The lowest BCUT2D eigenvalue weighted by atomic mass is 10.1. The first-order valence-electron chi connectivity index (χ1n) is 9.46. The number of benzene rings is 2. The molecule has 0 aliphatic carbocycles. The van der Waals surface area contributed by atoms with Crippen LogP contribution in [0.2, 0.25) is 0 Å². The summed E-state index contributed by atoms with van der Waals surface area (Å²) < 4.78 is 14.8. The Hall–Kier alpha value is -3.65. The molecule has 1 aliphatic heterocycles. The number of nitrogens with zero attached hydrogens (tertiary/aromatic N) is 2. The molecule has 3 aromatic rings. The van der Waals surface area contributed by atoms with Gasteiger partial charge in [0, 0.05) is 34.9 Å². The highest BCUT2D eigenvalue weighted by molar-refractivity contribution is 8.18. The molecule has 0 saturated carbocycles. The van der Waals surface area contributed by atoms with Crippen molar-refractivity contribution in [3.05, 3.63) is 83.7 Å². The lowest BCUT2D eigenvalue weighted by Gasteiger charge is -2.07. The van der Waals surface area contributed by atoms with Gasteiger partial charge < -0.3 is 9.88 Å². The highest BCUT2D eigenvalue weighted by Crippen LogP contribution is 2.34. The number of fused-ring (bicyclic) bond motifs is 1. The third kappa shape index (κ3) is 4.29. The summed E-state index contributed by atoms with van der Waals surface area (Å²) >= 11 is 0.883. The number of amides is 3. The topological polar surface area (TPSA) is 71.4 Å². The average molecular weight is 435 g/mol. The van der Waals surface area contributed by atoms with Crippen molar-refractivity contribution in [2.45, 2.75) is 6.54 Å². The highest BCUT2D eigenvalue weighted by Gasteiger charge is 2.34. The van der Waals surface area contributed by atoms with E-state index in [4.69, 9.17) is 0 Å². The van der Waals surface area contributed by atoms with Gasteiger partial charge in [0.1, 0.15) is 12.4 Å². The fourth-order valence-electron chi connectivity index (χ4n) is 3.34. The van der Waals surface area contributed by atoms with Gasteiger partial charge in [0.25, 0.3) is 11.1 Å². The molecule has 31 heavy (non-hydrogen) atoms. The van der Waals surface area contributed by atoms with Gasteiger partial charge in [0.05, 0.1) is 4.91 Å². The molecule has 0 spiro atoms. The first-order valence-corrected chi connectivity index (χ1v) is 10.3. The normalized spacial score (nSPS) is 15.1. The molecule has 0 unspecified atom stereocenters. The van der Waals surface area contributed by atoms with Crippen LogP contribution in [0.25, 0.3) is 17.0 Å². The summed E-state index contributed by atoms with van der Waals surface area (Å²) in [6, 6.07) is 13.0. The summed E-state index contributed by atoms with van der Waals surface area (Å²) in [5.74, 6) is -1.01. The standard InChI is InChI=1S/C23H18FN3O3S/c1-2-11-27-22(29)20(31-23(27)30)12-15-13-26(19-6-4-3-5-18(15)19)14-21(28)25-17-9-7-16(24)8-10-17/h2-10,12-13H,1,11,14H2,(H,25,28)/b20-12+. The summed E-state index contributed by atoms with van der Waals surface area (Å²) in [6.45, 7) is 3.77. The maximum Gasteiger partial charge on any atom is 0.293 e. The van der Waals surface area contributed by atoms with Crippen LogP contribution in [-0.2, 0) is 16.1 Å². The average Bonchev–Trinajstić information content (AvgIpc) is 3.22. The van der Waals surface area contributed by atoms with Crippen LogP contribution in [0.1, 0.15) is 5.56 Å². The number of anilines is 1. The number of imide groups is 1. The van der Waals surface area contributed by atoms with Crippen molar-refractivity contribution in [2.75, 3.05) is 11.9 Å². The van der Waals surface area contributed by atoms with E-state index >= 15 is 0 Å². The van der Waals surface area contributed by atoms with Crippen molar-refractivity contribution in [3.8, 4) is 0 Å². The molecule has 6 nitrogen and oxygen atoms in total. The van der Waals surface area contributed by atoms with Crippen molar-refractivity contribution in [1.82, 2.24) is 9.47 Å². The lowest BCUT2D eigenvalue weighted by Crippen LogP contribution is -2.27. The number of para-hydroxylation sites is 1. The van der Waals surface area contributed by atoms with E-state index in [9.17, 15) is 18.8 Å². The third-order valence-electron chi connectivity index (χ3n) is 4.73. The van der Waals surface area contributed by atoms with Crippen molar-refractivity contribution < 1.29 is 18.8 Å². The molecule has 0 radical (unpaired) electrons. The number of nitrogens with one attached hydrogen (secondary N) is 1. The van der Waals surface area contributed by atoms with Crippen LogP contribution in [0.15, 0.2) is 72.3 Å². The van der Waals surface area contributed by atoms with Crippen LogP contribution in [0.5, 0.6) is 0 Å². The number of hydrogen-bond acceptors (Lipinski definition) is 4. The summed E-state index contributed by atoms with van der Waals surface area (Å²) in [7, 11) is 0. The largest absolute Gasteiger partial charge is 0.337 e. The fraction of sp³-hybridized carbons (Fsp3) is 0.0870. The van der Waals surface area contributed by atoms with Crippen molar-refractivity contribution in [2.24, 2.45) is 0 Å². The smallest absolute Gasteiger partial charge is 0.293 e. The molecule has 1 N–H and O–H groups in total. The van der Waals surface area contributed by atoms with Crippen LogP contribution in [-0.4, -0.2) is 33.1 Å². The zero-order chi connectivity index (χ0) is 22.0. The Labute approximate surface area is 182 Å². The molecule has 1 aliphatic rings. The second-order valence-corrected chi connectivity index (χ2v) is 7.86. The number of carbonyl (C=O) groups is 3. The maximum atomic E-state index is 13.1. The number of hydrogen-bond donors (Lipinski definition) is 1. The van der Waals surface area contributed by atoms with Crippen LogP contribution < -0.4 is 5.32 Å². The van der Waals surface area contributed by atoms with Gasteiger partial charge in [-0.1, -0.05) is 24.3 Å². The Balaban J connectivity index is 1.61. The van der Waals surface area contributed by atoms with Gasteiger partial charge in [-0.05, 0) is 48.2 Å². The monoisotopic (exact) mass is 435 g/mol. The second kappa shape index (κ2) is 8.61. The molecule has 4 rings (SSSR count). The predicted octanol–water partition coefficient (Wildman–Crippen LogP) is 4.64. The number of thioether (sulfide) groups is 1. The summed E-state index contributed by atoms with van der Waals surface area (Å²) in [4.78, 5) is 38.6. The molecule has 1 saturated heterocycles. The van der Waals surface area contributed by atoms with Gasteiger partial charge in [-0.15, -0.1) is 6.58 Å². The Kier molecular flexibility index (Phi) is 5.73. The second-order valence-electron chi connectivity index (χ2n) is 6.87. The highest BCUT2D eigenvalue weighted by atomic mass is 32.2. The van der Waals surface area contributed by atoms with Gasteiger partial charge in [-0.2, -0.15) is 0 Å². The lowest BCUT2D eigenvalue weighted by molar-refractivity contribution is -0.122. The molecule has 1 aromatic heterocycles. The van der Waals surface area contributed by atoms with E-state index in [0.29, 0.717) is 10.6 Å². The Morgan fingerprint density at radius 3 is 2.61 bits per heavy atom. The third-order valence-corrected chi connectivity index (χ3v) is 5.64. The summed E-state index contributed by atoms with van der Waals surface area (Å²) in [5.41, 5.74) is 2.04. The van der Waals surface area contributed by atoms with Gasteiger partial charge in [-0.3, -0.25) is 19.3 Å². The van der Waals surface area contributed by atoms with Crippen LogP contribution in [0.3, 0.4) is 0 Å². The van der Waals surface area contributed by atoms with Crippen molar-refractivity contribution in [3.63, 3.8) is 0 Å². The zero-order valence-electron chi connectivity index (χ0n) is 16.4. The molecule has 0 bridgehead atoms. The molecular weight excluding hydrogens is 417 g/mol. The van der Waals surface area contributed by atoms with E-state index in [-0.39, 0.29) is 36.0 Å². The van der Waals surface area contributed by atoms with Gasteiger partial charge in [-0.25, -0.2) is 4.39 Å². The molecule has 2 aromatic carbocycles. The van der Waals surface area contributed by atoms with Gasteiger partial charge in [0.15, 0.2) is 0 Å². The summed E-state index contributed by atoms with van der Waals surface area (Å²) in [6.07, 6.45) is 4.95. The Morgan fingerprint density at radius 2 is 1.87 bits per heavy atom. The molecule has 156 valence electrons. The number of halogens is 1. The fourth-order valence-corrected chi connectivity index (χ4v) is 4.18. The Bertz CT molecular complexity index is 1230. The van der Waals surface area contributed by atoms with E-state index < -0.39 is 0 Å². The van der Waals surface area contributed by atoms with E-state index in [1.807, 2.05) is 24.3 Å². The number of rotatable bonds is 6. The van der Waals surface area contributed by atoms with Gasteiger partial charge in [0.2, 0.25) is 5.91 Å². The van der Waals surface area contributed by atoms with E-state index in [1.165, 1.54) is 30.3 Å². The first-order chi connectivity index (χ1) is 15.0. The van der Waals surface area contributed by atoms with Crippen LogP contribution in [0.4, 0.5) is 14.9 Å². The van der Waals surface area contributed by atoms with Crippen molar-refractivity contribution in [1.29, 1.82) is 0 Å². The van der Waals surface area contributed by atoms with E-state index in [1.54, 1.807) is 16.8 Å². The quantitative estimate of drug-likeness (QED) is 0.452. The van der Waals surface area contributed by atoms with E-state index in [2.05, 4.69) is 11.9 Å². The van der Waals surface area contributed by atoms with Gasteiger partial charge >= 0.3 is 0 Å². The molecule has 1 fully saturated rings. The minimum atomic E-state index is -0.378. The molecular formula is C23H18FN3O3S. The van der Waals surface area contributed by atoms with Crippen LogP contribution in [0, 0.1) is 5.82 Å². The maximum absolute atomic E-state index is 13.1. The predicted molar refractivity (Wildman–Crippen MR) is 120 cm³/mol. The van der Waals surface area contributed by atoms with Crippen molar-refractivity contribution >= 4 is 51.5 Å². The molecule has 0 atom stereocenters. The number of aromatic nitrogens is 1. The molecule has 3 amide bonds. The molecule has 2 heterocycles. The number of carbonyl (C=O) groups excluding carboxylic acids is 3. The van der Waals surface area contributed by atoms with Crippen LogP contribution >= 0.6 is 11.8 Å². The Morgan fingerprint density at radius 1 is 1.13 bits per heavy atom. The first kappa shape index (κ1) is 20.6. The minimum Gasteiger partial charge on any atom is -0.337 e. The zero-order valence-corrected chi connectivity index (χ0v) is 17.2. The minimum absolute atomic E-state index is 0.0314. The SMILES string of the molecule is C=CCN1C(=O)S/C(=C/c2cn(CC(=O)Nc3ccc(F)cc3)c3ccccc23)C1=O. The molecule has 8 heteroatoms. The van der Waals surface area contributed by atoms with E-state index in [0.717, 1.165) is 33.1 Å². The summed E-state index contributed by atoms with van der Waals surface area (Å²) in [5, 5.41) is 3.26.